The van der Waals surface area contributed by atoms with Crippen molar-refractivity contribution in [3.8, 4) is 11.5 Å². The van der Waals surface area contributed by atoms with Crippen molar-refractivity contribution in [2.75, 3.05) is 40.4 Å². The maximum atomic E-state index is 5.54. The van der Waals surface area contributed by atoms with Crippen molar-refractivity contribution in [1.82, 2.24) is 9.80 Å². The fourth-order valence-corrected chi connectivity index (χ4v) is 5.23. The van der Waals surface area contributed by atoms with Crippen molar-refractivity contribution in [3.05, 3.63) is 59.2 Å². The number of nitrogens with zero attached hydrogens (tertiary/aromatic N) is 2. The van der Waals surface area contributed by atoms with E-state index in [4.69, 9.17) is 9.47 Å². The van der Waals surface area contributed by atoms with Crippen LogP contribution in [-0.4, -0.2) is 56.2 Å². The molecule has 2 aromatic rings. The Kier molecular flexibility index (Phi) is 7.87. The van der Waals surface area contributed by atoms with Crippen LogP contribution in [0, 0.1) is 0 Å². The quantitative estimate of drug-likeness (QED) is 0.535. The summed E-state index contributed by atoms with van der Waals surface area (Å²) < 4.78 is 11.0. The standard InChI is InChI=1S/C27H38N2O2/c1-30-26-18-23-14-17-29(20-24(23)19-27(26)31-2)25-13-9-16-28(21-25)15-8-4-7-12-22-10-5-3-6-11-22/h3,5-6,10-11,18-19,25H,4,7-9,12-17,20-21H2,1-2H3. The minimum atomic E-state index is 0.680. The number of benzene rings is 2. The average molecular weight is 423 g/mol. The van der Waals surface area contributed by atoms with Crippen LogP contribution in [0.4, 0.5) is 0 Å². The number of fused-ring (bicyclic) bond motifs is 1. The van der Waals surface area contributed by atoms with E-state index in [0.29, 0.717) is 6.04 Å². The molecule has 1 fully saturated rings. The molecule has 1 atom stereocenters. The smallest absolute Gasteiger partial charge is 0.161 e. The van der Waals surface area contributed by atoms with Crippen LogP contribution in [0.3, 0.4) is 0 Å². The molecule has 2 aliphatic heterocycles. The summed E-state index contributed by atoms with van der Waals surface area (Å²) in [4.78, 5) is 5.41. The summed E-state index contributed by atoms with van der Waals surface area (Å²) in [6, 6.07) is 15.9. The summed E-state index contributed by atoms with van der Waals surface area (Å²) in [6.45, 7) is 5.93. The van der Waals surface area contributed by atoms with Crippen molar-refractivity contribution in [2.45, 2.75) is 57.5 Å². The zero-order chi connectivity index (χ0) is 21.5. The van der Waals surface area contributed by atoms with Gasteiger partial charge in [0.25, 0.3) is 0 Å². The Morgan fingerprint density at radius 2 is 1.68 bits per heavy atom. The maximum Gasteiger partial charge on any atom is 0.161 e. The third-order valence-corrected chi connectivity index (χ3v) is 7.03. The van der Waals surface area contributed by atoms with E-state index in [-0.39, 0.29) is 0 Å². The van der Waals surface area contributed by atoms with Gasteiger partial charge in [0.1, 0.15) is 0 Å². The highest BCUT2D eigenvalue weighted by molar-refractivity contribution is 5.48. The Balaban J connectivity index is 1.24. The van der Waals surface area contributed by atoms with Gasteiger partial charge in [-0.15, -0.1) is 0 Å². The molecule has 1 unspecified atom stereocenters. The predicted molar refractivity (Wildman–Crippen MR) is 127 cm³/mol. The van der Waals surface area contributed by atoms with Crippen LogP contribution in [-0.2, 0) is 19.4 Å². The molecule has 0 N–H and O–H groups in total. The maximum absolute atomic E-state index is 5.54. The molecule has 0 aliphatic carbocycles. The van der Waals surface area contributed by atoms with Crippen LogP contribution >= 0.6 is 0 Å². The van der Waals surface area contributed by atoms with Crippen LogP contribution < -0.4 is 9.47 Å². The highest BCUT2D eigenvalue weighted by atomic mass is 16.5. The van der Waals surface area contributed by atoms with Crippen LogP contribution in [0.25, 0.3) is 0 Å². The van der Waals surface area contributed by atoms with E-state index in [0.717, 1.165) is 31.0 Å². The fourth-order valence-electron chi connectivity index (χ4n) is 5.23. The summed E-state index contributed by atoms with van der Waals surface area (Å²) in [5.41, 5.74) is 4.29. The van der Waals surface area contributed by atoms with Gasteiger partial charge < -0.3 is 14.4 Å². The number of likely N-dealkylation sites (tertiary alicyclic amines) is 1. The number of aryl methyl sites for hydroxylation is 1. The number of hydrogen-bond donors (Lipinski definition) is 0. The minimum Gasteiger partial charge on any atom is -0.493 e. The largest absolute Gasteiger partial charge is 0.493 e. The van der Waals surface area contributed by atoms with Crippen molar-refractivity contribution >= 4 is 0 Å². The van der Waals surface area contributed by atoms with Crippen molar-refractivity contribution in [3.63, 3.8) is 0 Å². The zero-order valence-corrected chi connectivity index (χ0v) is 19.3. The highest BCUT2D eigenvalue weighted by Crippen LogP contribution is 2.34. The van der Waals surface area contributed by atoms with Crippen molar-refractivity contribution in [2.24, 2.45) is 0 Å². The molecule has 4 heteroatoms. The van der Waals surface area contributed by atoms with Crippen molar-refractivity contribution in [1.29, 1.82) is 0 Å². The fraction of sp³-hybridized carbons (Fsp3) is 0.556. The van der Waals surface area contributed by atoms with Gasteiger partial charge in [0.2, 0.25) is 0 Å². The second kappa shape index (κ2) is 11.0. The summed E-state index contributed by atoms with van der Waals surface area (Å²) in [6.07, 6.45) is 8.91. The van der Waals surface area contributed by atoms with E-state index < -0.39 is 0 Å². The van der Waals surface area contributed by atoms with Gasteiger partial charge in [0.15, 0.2) is 11.5 Å². The van der Waals surface area contributed by atoms with Crippen molar-refractivity contribution < 1.29 is 9.47 Å². The lowest BCUT2D eigenvalue weighted by molar-refractivity contribution is 0.0865. The minimum absolute atomic E-state index is 0.680. The molecule has 0 bridgehead atoms. The van der Waals surface area contributed by atoms with Crippen LogP contribution in [0.15, 0.2) is 42.5 Å². The molecule has 4 nitrogen and oxygen atoms in total. The van der Waals surface area contributed by atoms with E-state index in [1.54, 1.807) is 14.2 Å². The third-order valence-electron chi connectivity index (χ3n) is 7.03. The molecule has 31 heavy (non-hydrogen) atoms. The lowest BCUT2D eigenvalue weighted by Crippen LogP contribution is -2.49. The molecule has 2 aromatic carbocycles. The summed E-state index contributed by atoms with van der Waals surface area (Å²) in [5.74, 6) is 1.70. The predicted octanol–water partition coefficient (Wildman–Crippen LogP) is 4.94. The van der Waals surface area contributed by atoms with Gasteiger partial charge in [-0.3, -0.25) is 4.90 Å². The Morgan fingerprint density at radius 1 is 0.903 bits per heavy atom. The molecule has 0 amide bonds. The van der Waals surface area contributed by atoms with Gasteiger partial charge in [-0.05, 0) is 80.4 Å². The van der Waals surface area contributed by atoms with Gasteiger partial charge in [0.05, 0.1) is 14.2 Å². The van der Waals surface area contributed by atoms with Crippen LogP contribution in [0.2, 0.25) is 0 Å². The number of methoxy groups -OCH3 is 2. The molecule has 0 saturated carbocycles. The van der Waals surface area contributed by atoms with E-state index in [9.17, 15) is 0 Å². The lowest BCUT2D eigenvalue weighted by atomic mass is 9.95. The van der Waals surface area contributed by atoms with E-state index in [2.05, 4.69) is 52.3 Å². The van der Waals surface area contributed by atoms with Gasteiger partial charge in [-0.2, -0.15) is 0 Å². The average Bonchev–Trinajstić information content (AvgIpc) is 2.83. The summed E-state index contributed by atoms with van der Waals surface area (Å²) >= 11 is 0. The van der Waals surface area contributed by atoms with E-state index in [1.807, 2.05) is 0 Å². The van der Waals surface area contributed by atoms with Gasteiger partial charge >= 0.3 is 0 Å². The first-order valence-electron chi connectivity index (χ1n) is 12.0. The highest BCUT2D eigenvalue weighted by Gasteiger charge is 2.28. The molecule has 0 radical (unpaired) electrons. The summed E-state index contributed by atoms with van der Waals surface area (Å²) in [7, 11) is 3.45. The molecule has 2 heterocycles. The second-order valence-corrected chi connectivity index (χ2v) is 9.09. The first-order chi connectivity index (χ1) is 15.3. The van der Waals surface area contributed by atoms with Gasteiger partial charge in [0, 0.05) is 25.7 Å². The Labute approximate surface area is 188 Å². The first kappa shape index (κ1) is 22.2. The molecule has 0 aromatic heterocycles. The normalized spacial score (nSPS) is 19.7. The Morgan fingerprint density at radius 3 is 2.45 bits per heavy atom. The van der Waals surface area contributed by atoms with Gasteiger partial charge in [-0.1, -0.05) is 36.8 Å². The number of rotatable bonds is 9. The Bertz CT molecular complexity index is 823. The third kappa shape index (κ3) is 5.81. The summed E-state index contributed by atoms with van der Waals surface area (Å²) in [5, 5.41) is 0. The number of hydrogen-bond acceptors (Lipinski definition) is 4. The SMILES string of the molecule is COc1cc2c(cc1OC)CN(C1CCCN(CCCCCc3ccccc3)C1)CC2. The monoisotopic (exact) mass is 422 g/mol. The van der Waals surface area contributed by atoms with Gasteiger partial charge in [-0.25, -0.2) is 0 Å². The topological polar surface area (TPSA) is 24.9 Å². The molecule has 0 spiro atoms. The Hall–Kier alpha value is -2.04. The van der Waals surface area contributed by atoms with E-state index in [1.165, 1.54) is 74.8 Å². The number of ether oxygens (including phenoxy) is 2. The first-order valence-corrected chi connectivity index (χ1v) is 12.0. The molecule has 2 aliphatic rings. The number of unbranched alkanes of at least 4 members (excludes halogenated alkanes) is 2. The molecule has 4 rings (SSSR count). The zero-order valence-electron chi connectivity index (χ0n) is 19.3. The molecule has 168 valence electrons. The second-order valence-electron chi connectivity index (χ2n) is 9.09. The van der Waals surface area contributed by atoms with Crippen LogP contribution in [0.1, 0.15) is 48.8 Å². The lowest BCUT2D eigenvalue weighted by Gasteiger charge is -2.41. The van der Waals surface area contributed by atoms with Crippen LogP contribution in [0.5, 0.6) is 11.5 Å². The van der Waals surface area contributed by atoms with E-state index >= 15 is 0 Å². The molecular formula is C27H38N2O2. The molecule has 1 saturated heterocycles. The molecular weight excluding hydrogens is 384 g/mol. The number of piperidine rings is 1.